The summed E-state index contributed by atoms with van der Waals surface area (Å²) in [4.78, 5) is 48.1. The van der Waals surface area contributed by atoms with E-state index in [9.17, 15) is 19.2 Å². The van der Waals surface area contributed by atoms with E-state index in [0.717, 1.165) is 0 Å². The Balaban J connectivity index is 2.49. The van der Waals surface area contributed by atoms with Gasteiger partial charge >= 0.3 is 23.9 Å². The van der Waals surface area contributed by atoms with Gasteiger partial charge in [0.2, 0.25) is 0 Å². The van der Waals surface area contributed by atoms with E-state index in [0.29, 0.717) is 17.6 Å². The molecule has 0 radical (unpaired) electrons. The molecule has 9 nitrogen and oxygen atoms in total. The second-order valence-corrected chi connectivity index (χ2v) is 8.37. The Hall–Kier alpha value is -2.94. The van der Waals surface area contributed by atoms with E-state index in [-0.39, 0.29) is 25.2 Å². The fourth-order valence-corrected chi connectivity index (χ4v) is 3.97. The molecule has 2 rings (SSSR count). The summed E-state index contributed by atoms with van der Waals surface area (Å²) in [6.45, 7) is 7.26. The zero-order valence-electron chi connectivity index (χ0n) is 19.7. The number of aliphatic hydroxyl groups is 1. The lowest BCUT2D eigenvalue weighted by Gasteiger charge is -2.30. The summed E-state index contributed by atoms with van der Waals surface area (Å²) in [6, 6.07) is 0. The third kappa shape index (κ3) is 7.28. The van der Waals surface area contributed by atoms with E-state index in [1.54, 1.807) is 26.0 Å². The first-order valence-corrected chi connectivity index (χ1v) is 10.9. The zero-order valence-corrected chi connectivity index (χ0v) is 19.7. The molecule has 33 heavy (non-hydrogen) atoms. The molecule has 0 unspecified atom stereocenters. The first-order valence-electron chi connectivity index (χ1n) is 10.9. The fourth-order valence-electron chi connectivity index (χ4n) is 3.97. The molecule has 2 aliphatic rings. The SMILES string of the molecule is CC(=O)OC/C1=C\C[C@H](OC(C)=O)/C(C)=C/[C@H]2OC(=O)[C@@H](C)[C@@H]2[C@H](OC(=O)/C(C)=C/CO)C1. The van der Waals surface area contributed by atoms with Crippen molar-refractivity contribution in [3.8, 4) is 0 Å². The van der Waals surface area contributed by atoms with Gasteiger partial charge in [-0.05, 0) is 37.1 Å². The minimum atomic E-state index is -0.762. The Morgan fingerprint density at radius 2 is 1.88 bits per heavy atom. The number of ether oxygens (including phenoxy) is 4. The van der Waals surface area contributed by atoms with Crippen molar-refractivity contribution in [2.75, 3.05) is 13.2 Å². The summed E-state index contributed by atoms with van der Waals surface area (Å²) in [6.07, 6.45) is 3.33. The van der Waals surface area contributed by atoms with E-state index in [4.69, 9.17) is 24.1 Å². The van der Waals surface area contributed by atoms with Gasteiger partial charge in [0.05, 0.1) is 18.4 Å². The maximum atomic E-state index is 12.6. The Labute approximate surface area is 193 Å². The highest BCUT2D eigenvalue weighted by Crippen LogP contribution is 2.37. The molecule has 0 aromatic rings. The van der Waals surface area contributed by atoms with Crippen molar-refractivity contribution in [1.82, 2.24) is 0 Å². The molecule has 1 saturated heterocycles. The molecule has 5 atom stereocenters. The van der Waals surface area contributed by atoms with Crippen LogP contribution >= 0.6 is 0 Å². The van der Waals surface area contributed by atoms with Crippen LogP contribution in [0.3, 0.4) is 0 Å². The predicted octanol–water partition coefficient (Wildman–Crippen LogP) is 2.18. The van der Waals surface area contributed by atoms with Crippen LogP contribution in [-0.4, -0.2) is 60.5 Å². The highest BCUT2D eigenvalue weighted by Gasteiger charge is 2.47. The normalized spacial score (nSPS) is 31.2. The van der Waals surface area contributed by atoms with Crippen LogP contribution in [0.1, 0.15) is 47.5 Å². The van der Waals surface area contributed by atoms with Crippen molar-refractivity contribution in [2.24, 2.45) is 11.8 Å². The quantitative estimate of drug-likeness (QED) is 0.272. The first kappa shape index (κ1) is 26.3. The number of rotatable bonds is 6. The van der Waals surface area contributed by atoms with Gasteiger partial charge in [-0.2, -0.15) is 0 Å². The van der Waals surface area contributed by atoms with E-state index >= 15 is 0 Å². The number of esters is 4. The molecule has 182 valence electrons. The molecule has 0 aromatic heterocycles. The van der Waals surface area contributed by atoms with Crippen molar-refractivity contribution >= 4 is 23.9 Å². The molecule has 0 spiro atoms. The van der Waals surface area contributed by atoms with Crippen molar-refractivity contribution in [3.63, 3.8) is 0 Å². The summed E-state index contributed by atoms with van der Waals surface area (Å²) in [7, 11) is 0. The number of fused-ring (bicyclic) bond motifs is 1. The number of carbonyl (C=O) groups is 4. The first-order chi connectivity index (χ1) is 15.5. The Morgan fingerprint density at radius 3 is 2.48 bits per heavy atom. The number of carbonyl (C=O) groups excluding carboxylic acids is 4. The van der Waals surface area contributed by atoms with Gasteiger partial charge < -0.3 is 24.1 Å². The summed E-state index contributed by atoms with van der Waals surface area (Å²) >= 11 is 0. The number of hydrogen-bond acceptors (Lipinski definition) is 9. The van der Waals surface area contributed by atoms with Crippen LogP contribution in [-0.2, 0) is 38.1 Å². The molecule has 1 aliphatic carbocycles. The van der Waals surface area contributed by atoms with Crippen molar-refractivity contribution in [2.45, 2.75) is 65.8 Å². The third-order valence-electron chi connectivity index (χ3n) is 5.78. The van der Waals surface area contributed by atoms with Crippen LogP contribution in [0.25, 0.3) is 0 Å². The summed E-state index contributed by atoms with van der Waals surface area (Å²) in [5, 5.41) is 9.10. The van der Waals surface area contributed by atoms with Gasteiger partial charge in [-0.1, -0.05) is 13.0 Å². The fraction of sp³-hybridized carbons (Fsp3) is 0.583. The molecule has 1 aliphatic heterocycles. The maximum Gasteiger partial charge on any atom is 0.333 e. The molecule has 9 heteroatoms. The smallest absolute Gasteiger partial charge is 0.333 e. The molecule has 1 N–H and O–H groups in total. The maximum absolute atomic E-state index is 12.6. The topological polar surface area (TPSA) is 125 Å². The van der Waals surface area contributed by atoms with Gasteiger partial charge in [0.15, 0.2) is 0 Å². The standard InChI is InChI=1S/C24H32O9/c1-13(8-9-25)23(28)32-21-11-18(12-30-16(4)26)6-7-19(31-17(5)27)14(2)10-20-22(21)15(3)24(29)33-20/h6,8,10,15,19-22,25H,7,9,11-12H2,1-5H3/b13-8+,14-10+,18-6-/t15-,19-,20+,21+,22-/m0/s1. The zero-order chi connectivity index (χ0) is 24.7. The lowest BCUT2D eigenvalue weighted by Crippen LogP contribution is -2.37. The van der Waals surface area contributed by atoms with Crippen LogP contribution in [0, 0.1) is 11.8 Å². The number of hydrogen-bond donors (Lipinski definition) is 1. The van der Waals surface area contributed by atoms with Crippen molar-refractivity contribution in [3.05, 3.63) is 34.9 Å². The minimum absolute atomic E-state index is 0.0367. The van der Waals surface area contributed by atoms with Gasteiger partial charge in [0.25, 0.3) is 0 Å². The van der Waals surface area contributed by atoms with Crippen LogP contribution in [0.5, 0.6) is 0 Å². The van der Waals surface area contributed by atoms with Gasteiger partial charge in [-0.3, -0.25) is 14.4 Å². The molecule has 1 fully saturated rings. The molecule has 0 amide bonds. The lowest BCUT2D eigenvalue weighted by atomic mass is 9.82. The van der Waals surface area contributed by atoms with Gasteiger partial charge in [0.1, 0.15) is 24.9 Å². The summed E-state index contributed by atoms with van der Waals surface area (Å²) in [5.41, 5.74) is 1.58. The highest BCUT2D eigenvalue weighted by atomic mass is 16.6. The second kappa shape index (κ2) is 11.8. The van der Waals surface area contributed by atoms with Gasteiger partial charge in [0, 0.05) is 32.3 Å². The van der Waals surface area contributed by atoms with E-state index in [1.165, 1.54) is 26.8 Å². The minimum Gasteiger partial charge on any atom is -0.461 e. The Bertz CT molecular complexity index is 867. The summed E-state index contributed by atoms with van der Waals surface area (Å²) < 4.78 is 22.0. The van der Waals surface area contributed by atoms with E-state index < -0.39 is 54.0 Å². The van der Waals surface area contributed by atoms with E-state index in [2.05, 4.69) is 0 Å². The van der Waals surface area contributed by atoms with Crippen LogP contribution in [0.4, 0.5) is 0 Å². The van der Waals surface area contributed by atoms with Crippen LogP contribution in [0.15, 0.2) is 34.9 Å². The number of aliphatic hydroxyl groups excluding tert-OH is 1. The predicted molar refractivity (Wildman–Crippen MR) is 117 cm³/mol. The Kier molecular flexibility index (Phi) is 9.40. The van der Waals surface area contributed by atoms with Crippen molar-refractivity contribution < 1.29 is 43.2 Å². The third-order valence-corrected chi connectivity index (χ3v) is 5.78. The van der Waals surface area contributed by atoms with Crippen LogP contribution < -0.4 is 0 Å². The molecule has 0 saturated carbocycles. The molecular weight excluding hydrogens is 432 g/mol. The molecule has 0 aromatic carbocycles. The van der Waals surface area contributed by atoms with Gasteiger partial charge in [-0.25, -0.2) is 4.79 Å². The highest BCUT2D eigenvalue weighted by molar-refractivity contribution is 5.88. The second-order valence-electron chi connectivity index (χ2n) is 8.37. The van der Waals surface area contributed by atoms with Crippen molar-refractivity contribution in [1.29, 1.82) is 0 Å². The molecule has 0 bridgehead atoms. The van der Waals surface area contributed by atoms with Gasteiger partial charge in [-0.15, -0.1) is 0 Å². The molecule has 1 heterocycles. The lowest BCUT2D eigenvalue weighted by molar-refractivity contribution is -0.149. The van der Waals surface area contributed by atoms with E-state index in [1.807, 2.05) is 0 Å². The molecular formula is C24H32O9. The average Bonchev–Trinajstić information content (AvgIpc) is 3.00. The Morgan fingerprint density at radius 1 is 1.18 bits per heavy atom. The summed E-state index contributed by atoms with van der Waals surface area (Å²) in [5.74, 6) is -3.06. The largest absolute Gasteiger partial charge is 0.461 e. The average molecular weight is 465 g/mol. The monoisotopic (exact) mass is 464 g/mol. The van der Waals surface area contributed by atoms with Crippen LogP contribution in [0.2, 0.25) is 0 Å².